The van der Waals surface area contributed by atoms with Crippen molar-refractivity contribution in [3.8, 4) is 0 Å². The maximum atomic E-state index is 12.7. The molecule has 3 heterocycles. The Morgan fingerprint density at radius 1 is 1.16 bits per heavy atom. The fourth-order valence-electron chi connectivity index (χ4n) is 3.87. The first kappa shape index (κ1) is 16.6. The van der Waals surface area contributed by atoms with Crippen LogP contribution in [0.2, 0.25) is 0 Å². The molecule has 2 aliphatic heterocycles. The molecule has 1 amide bonds. The minimum atomic E-state index is -0.0683. The molecule has 0 aliphatic carbocycles. The van der Waals surface area contributed by atoms with Gasteiger partial charge in [0.25, 0.3) is 0 Å². The van der Waals surface area contributed by atoms with E-state index in [4.69, 9.17) is 13.9 Å². The van der Waals surface area contributed by atoms with Crippen molar-refractivity contribution in [3.63, 3.8) is 0 Å². The van der Waals surface area contributed by atoms with E-state index >= 15 is 0 Å². The molecular weight excluding hydrogens is 318 g/mol. The van der Waals surface area contributed by atoms with Gasteiger partial charge in [0.2, 0.25) is 5.91 Å². The third kappa shape index (κ3) is 3.18. The van der Waals surface area contributed by atoms with Crippen molar-refractivity contribution in [2.75, 3.05) is 26.3 Å². The van der Waals surface area contributed by atoms with Crippen LogP contribution in [0.1, 0.15) is 29.5 Å². The number of piperidine rings is 1. The summed E-state index contributed by atoms with van der Waals surface area (Å²) in [6, 6.07) is 4.15. The molecule has 0 atom stereocenters. The average molecular weight is 343 g/mol. The molecule has 4 rings (SSSR count). The van der Waals surface area contributed by atoms with Crippen LogP contribution in [0.4, 0.5) is 0 Å². The van der Waals surface area contributed by atoms with Gasteiger partial charge in [-0.15, -0.1) is 0 Å². The highest BCUT2D eigenvalue weighted by Crippen LogP contribution is 2.29. The van der Waals surface area contributed by atoms with E-state index in [1.54, 1.807) is 6.26 Å². The summed E-state index contributed by atoms with van der Waals surface area (Å²) in [5.41, 5.74) is 4.23. The fraction of sp³-hybridized carbons (Fsp3) is 0.550. The third-order valence-electron chi connectivity index (χ3n) is 5.61. The van der Waals surface area contributed by atoms with E-state index in [0.717, 1.165) is 48.0 Å². The van der Waals surface area contributed by atoms with Crippen molar-refractivity contribution in [1.82, 2.24) is 4.90 Å². The van der Waals surface area contributed by atoms with Gasteiger partial charge in [-0.25, -0.2) is 0 Å². The Balaban J connectivity index is 1.40. The highest BCUT2D eigenvalue weighted by molar-refractivity contribution is 5.89. The Bertz CT molecular complexity index is 767. The van der Waals surface area contributed by atoms with E-state index in [1.807, 2.05) is 4.90 Å². The number of amides is 1. The van der Waals surface area contributed by atoms with Gasteiger partial charge in [-0.05, 0) is 37.8 Å². The summed E-state index contributed by atoms with van der Waals surface area (Å²) < 4.78 is 16.9. The van der Waals surface area contributed by atoms with E-state index in [2.05, 4.69) is 26.0 Å². The Morgan fingerprint density at radius 2 is 1.88 bits per heavy atom. The van der Waals surface area contributed by atoms with Gasteiger partial charge in [0.05, 0.1) is 25.9 Å². The van der Waals surface area contributed by atoms with Crippen LogP contribution in [-0.2, 0) is 20.7 Å². The molecule has 0 radical (unpaired) electrons. The minimum Gasteiger partial charge on any atom is -0.464 e. The molecule has 0 unspecified atom stereocenters. The maximum absolute atomic E-state index is 12.7. The molecule has 2 fully saturated rings. The first-order valence-corrected chi connectivity index (χ1v) is 9.11. The van der Waals surface area contributed by atoms with E-state index < -0.39 is 0 Å². The Morgan fingerprint density at radius 3 is 2.60 bits per heavy atom. The predicted molar refractivity (Wildman–Crippen MR) is 94.4 cm³/mol. The zero-order chi connectivity index (χ0) is 17.4. The molecule has 0 saturated carbocycles. The van der Waals surface area contributed by atoms with E-state index in [9.17, 15) is 4.79 Å². The third-order valence-corrected chi connectivity index (χ3v) is 5.61. The number of benzene rings is 1. The molecule has 5 heteroatoms. The van der Waals surface area contributed by atoms with Gasteiger partial charge in [-0.1, -0.05) is 12.1 Å². The van der Waals surface area contributed by atoms with Crippen molar-refractivity contribution < 1.29 is 18.7 Å². The summed E-state index contributed by atoms with van der Waals surface area (Å²) >= 11 is 0. The van der Waals surface area contributed by atoms with Gasteiger partial charge in [0.15, 0.2) is 6.29 Å². The molecule has 0 bridgehead atoms. The first-order chi connectivity index (χ1) is 12.1. The Labute approximate surface area is 147 Å². The number of rotatable bonds is 3. The van der Waals surface area contributed by atoms with Crippen LogP contribution in [-0.4, -0.2) is 43.4 Å². The molecule has 134 valence electrons. The standard InChI is InChI=1S/C20H25NO4/c1-13-3-4-17-16(12-25-19(17)14(13)2)11-18(22)21-7-5-15(6-8-21)20-23-9-10-24-20/h3-4,12,15,20H,5-11H2,1-2H3. The molecule has 1 aromatic carbocycles. The summed E-state index contributed by atoms with van der Waals surface area (Å²) in [5.74, 6) is 0.583. The summed E-state index contributed by atoms with van der Waals surface area (Å²) in [5, 5.41) is 1.05. The second kappa shape index (κ2) is 6.81. The molecule has 1 aromatic heterocycles. The normalized spacial score (nSPS) is 19.8. The second-order valence-electron chi connectivity index (χ2n) is 7.15. The van der Waals surface area contributed by atoms with Crippen LogP contribution >= 0.6 is 0 Å². The van der Waals surface area contributed by atoms with Crippen molar-refractivity contribution in [2.24, 2.45) is 5.92 Å². The van der Waals surface area contributed by atoms with Crippen molar-refractivity contribution >= 4 is 16.9 Å². The lowest BCUT2D eigenvalue weighted by Gasteiger charge is -2.33. The second-order valence-corrected chi connectivity index (χ2v) is 7.15. The average Bonchev–Trinajstić information content (AvgIpc) is 3.29. The first-order valence-electron chi connectivity index (χ1n) is 9.11. The van der Waals surface area contributed by atoms with E-state index in [-0.39, 0.29) is 12.2 Å². The van der Waals surface area contributed by atoms with Crippen molar-refractivity contribution in [1.29, 1.82) is 0 Å². The Hall–Kier alpha value is -1.85. The van der Waals surface area contributed by atoms with Gasteiger partial charge in [-0.2, -0.15) is 0 Å². The minimum absolute atomic E-state index is 0.0683. The van der Waals surface area contributed by atoms with Crippen molar-refractivity contribution in [2.45, 2.75) is 39.4 Å². The number of furan rings is 1. The fourth-order valence-corrected chi connectivity index (χ4v) is 3.87. The number of aryl methyl sites for hydroxylation is 2. The van der Waals surface area contributed by atoms with Crippen LogP contribution in [0.15, 0.2) is 22.8 Å². The van der Waals surface area contributed by atoms with Gasteiger partial charge < -0.3 is 18.8 Å². The van der Waals surface area contributed by atoms with Gasteiger partial charge in [-0.3, -0.25) is 4.79 Å². The predicted octanol–water partition coefficient (Wildman–Crippen LogP) is 3.20. The number of carbonyl (C=O) groups is 1. The number of ether oxygens (including phenoxy) is 2. The van der Waals surface area contributed by atoms with Crippen molar-refractivity contribution in [3.05, 3.63) is 35.1 Å². The largest absolute Gasteiger partial charge is 0.464 e. The van der Waals surface area contributed by atoms with Gasteiger partial charge in [0, 0.05) is 30.0 Å². The monoisotopic (exact) mass is 343 g/mol. The SMILES string of the molecule is Cc1ccc2c(CC(=O)N3CCC(C4OCCO4)CC3)coc2c1C. The topological polar surface area (TPSA) is 51.9 Å². The quantitative estimate of drug-likeness (QED) is 0.859. The number of carbonyl (C=O) groups excluding carboxylic acids is 1. The van der Waals surface area contributed by atoms with Gasteiger partial charge in [0.1, 0.15) is 5.58 Å². The summed E-state index contributed by atoms with van der Waals surface area (Å²) in [7, 11) is 0. The molecule has 2 aromatic rings. The lowest BCUT2D eigenvalue weighted by atomic mass is 9.95. The smallest absolute Gasteiger partial charge is 0.227 e. The molecular formula is C20H25NO4. The number of fused-ring (bicyclic) bond motifs is 1. The lowest BCUT2D eigenvalue weighted by Crippen LogP contribution is -2.42. The van der Waals surface area contributed by atoms with Crippen LogP contribution in [0.25, 0.3) is 11.0 Å². The highest BCUT2D eigenvalue weighted by Gasteiger charge is 2.31. The Kier molecular flexibility index (Phi) is 4.52. The number of nitrogens with zero attached hydrogens (tertiary/aromatic N) is 1. The number of hydrogen-bond donors (Lipinski definition) is 0. The molecule has 2 saturated heterocycles. The maximum Gasteiger partial charge on any atom is 0.227 e. The number of hydrogen-bond acceptors (Lipinski definition) is 4. The molecule has 2 aliphatic rings. The van der Waals surface area contributed by atoms with Crippen LogP contribution in [0, 0.1) is 19.8 Å². The molecule has 0 spiro atoms. The molecule has 25 heavy (non-hydrogen) atoms. The lowest BCUT2D eigenvalue weighted by molar-refractivity contribution is -0.136. The van der Waals surface area contributed by atoms with Crippen LogP contribution in [0.5, 0.6) is 0 Å². The highest BCUT2D eigenvalue weighted by atomic mass is 16.7. The zero-order valence-electron chi connectivity index (χ0n) is 14.9. The van der Waals surface area contributed by atoms with E-state index in [1.165, 1.54) is 5.56 Å². The summed E-state index contributed by atoms with van der Waals surface area (Å²) in [4.78, 5) is 14.7. The van der Waals surface area contributed by atoms with Crippen LogP contribution < -0.4 is 0 Å². The zero-order valence-corrected chi connectivity index (χ0v) is 14.9. The molecule has 5 nitrogen and oxygen atoms in total. The molecule has 0 N–H and O–H groups in total. The number of likely N-dealkylation sites (tertiary alicyclic amines) is 1. The summed E-state index contributed by atoms with van der Waals surface area (Å²) in [6.45, 7) is 7.07. The summed E-state index contributed by atoms with van der Waals surface area (Å²) in [6.07, 6.45) is 3.96. The van der Waals surface area contributed by atoms with Crippen LogP contribution in [0.3, 0.4) is 0 Å². The van der Waals surface area contributed by atoms with E-state index in [0.29, 0.717) is 25.6 Å². The van der Waals surface area contributed by atoms with Gasteiger partial charge >= 0.3 is 0 Å².